The van der Waals surface area contributed by atoms with Crippen LogP contribution in [0.3, 0.4) is 0 Å². The highest BCUT2D eigenvalue weighted by Crippen LogP contribution is 2.58. The molecule has 1 aliphatic carbocycles. The van der Waals surface area contributed by atoms with E-state index in [0.29, 0.717) is 5.69 Å². The molecule has 3 rings (SSSR count). The number of hydrogen-bond donors (Lipinski definition) is 4. The first-order valence-corrected chi connectivity index (χ1v) is 7.32. The fraction of sp³-hybridized carbons (Fsp3) is 0.643. The summed E-state index contributed by atoms with van der Waals surface area (Å²) in [4.78, 5) is 30.3. The van der Waals surface area contributed by atoms with Gasteiger partial charge in [-0.3, -0.25) is 4.79 Å². The van der Waals surface area contributed by atoms with Crippen LogP contribution in [0.4, 0.5) is 0 Å². The van der Waals surface area contributed by atoms with E-state index in [2.05, 4.69) is 20.6 Å². The number of carbonyl (C=O) groups excluding carboxylic acids is 1. The van der Waals surface area contributed by atoms with Gasteiger partial charge in [-0.25, -0.2) is 9.78 Å². The van der Waals surface area contributed by atoms with E-state index in [0.717, 1.165) is 32.4 Å². The molecule has 0 radical (unpaired) electrons. The molecule has 1 saturated heterocycles. The van der Waals surface area contributed by atoms with Crippen LogP contribution in [-0.4, -0.2) is 46.1 Å². The van der Waals surface area contributed by atoms with Gasteiger partial charge in [-0.05, 0) is 37.8 Å². The predicted molar refractivity (Wildman–Crippen MR) is 74.5 cm³/mol. The number of rotatable bonds is 5. The van der Waals surface area contributed by atoms with Crippen LogP contribution < -0.4 is 10.6 Å². The van der Waals surface area contributed by atoms with Gasteiger partial charge in [0.25, 0.3) is 0 Å². The van der Waals surface area contributed by atoms with Crippen molar-refractivity contribution >= 4 is 11.9 Å². The maximum Gasteiger partial charge on any atom is 0.326 e. The molecule has 2 unspecified atom stereocenters. The third kappa shape index (κ3) is 2.92. The summed E-state index contributed by atoms with van der Waals surface area (Å²) in [5.41, 5.74) is 0.821. The highest BCUT2D eigenvalue weighted by Gasteiger charge is 2.57. The Balaban J connectivity index is 1.58. The molecule has 1 saturated carbocycles. The third-order valence-corrected chi connectivity index (χ3v) is 4.70. The zero-order chi connectivity index (χ0) is 14.9. The monoisotopic (exact) mass is 292 g/mol. The van der Waals surface area contributed by atoms with Gasteiger partial charge in [0, 0.05) is 24.2 Å². The molecule has 2 aliphatic rings. The standard InChI is InChI=1S/C14H20N4O3/c19-12(10-6-14(10)1-3-15-4-2-14)18-11(13(20)21)5-9-7-16-8-17-9/h7-8,10-11,15H,1-6H2,(H,16,17)(H,18,19)(H,20,21). The van der Waals surface area contributed by atoms with Crippen LogP contribution >= 0.6 is 0 Å². The van der Waals surface area contributed by atoms with Crippen LogP contribution in [-0.2, 0) is 16.0 Å². The van der Waals surface area contributed by atoms with E-state index >= 15 is 0 Å². The Morgan fingerprint density at radius 3 is 2.86 bits per heavy atom. The summed E-state index contributed by atoms with van der Waals surface area (Å²) < 4.78 is 0. The molecule has 2 fully saturated rings. The van der Waals surface area contributed by atoms with E-state index in [1.165, 1.54) is 6.33 Å². The molecule has 7 heteroatoms. The Morgan fingerprint density at radius 1 is 1.48 bits per heavy atom. The summed E-state index contributed by atoms with van der Waals surface area (Å²) in [6, 6.07) is -0.905. The van der Waals surface area contributed by atoms with Crippen molar-refractivity contribution < 1.29 is 14.7 Å². The number of aromatic amines is 1. The smallest absolute Gasteiger partial charge is 0.326 e. The van der Waals surface area contributed by atoms with Crippen LogP contribution in [0.1, 0.15) is 25.0 Å². The number of piperidine rings is 1. The minimum absolute atomic E-state index is 0.0248. The van der Waals surface area contributed by atoms with Crippen LogP contribution in [0.5, 0.6) is 0 Å². The van der Waals surface area contributed by atoms with E-state index in [-0.39, 0.29) is 23.7 Å². The number of H-pyrrole nitrogens is 1. The van der Waals surface area contributed by atoms with Gasteiger partial charge in [-0.1, -0.05) is 0 Å². The Kier molecular flexibility index (Phi) is 3.67. The predicted octanol–water partition coefficient (Wildman–Crippen LogP) is -0.0887. The maximum atomic E-state index is 12.3. The first-order valence-electron chi connectivity index (χ1n) is 7.32. The van der Waals surface area contributed by atoms with E-state index < -0.39 is 12.0 Å². The second kappa shape index (κ2) is 5.48. The van der Waals surface area contributed by atoms with Crippen molar-refractivity contribution in [3.05, 3.63) is 18.2 Å². The SMILES string of the molecule is O=C(O)C(Cc1cnc[nH]1)NC(=O)C1CC12CCNCC2. The molecule has 21 heavy (non-hydrogen) atoms. The van der Waals surface area contributed by atoms with E-state index in [1.807, 2.05) is 0 Å². The topological polar surface area (TPSA) is 107 Å². The highest BCUT2D eigenvalue weighted by atomic mass is 16.4. The zero-order valence-corrected chi connectivity index (χ0v) is 11.8. The number of carboxylic acid groups (broad SMARTS) is 1. The minimum atomic E-state index is -1.02. The Hall–Kier alpha value is -1.89. The number of imidazole rings is 1. The number of nitrogens with zero attached hydrogens (tertiary/aromatic N) is 1. The van der Waals surface area contributed by atoms with Gasteiger partial charge >= 0.3 is 5.97 Å². The van der Waals surface area contributed by atoms with E-state index in [1.54, 1.807) is 6.20 Å². The van der Waals surface area contributed by atoms with Gasteiger partial charge in [0.05, 0.1) is 6.33 Å². The lowest BCUT2D eigenvalue weighted by Crippen LogP contribution is -2.44. The normalized spacial score (nSPS) is 24.5. The summed E-state index contributed by atoms with van der Waals surface area (Å²) in [6.07, 6.45) is 6.19. The van der Waals surface area contributed by atoms with Gasteiger partial charge in [-0.2, -0.15) is 0 Å². The third-order valence-electron chi connectivity index (χ3n) is 4.70. The van der Waals surface area contributed by atoms with Gasteiger partial charge in [0.15, 0.2) is 0 Å². The molecule has 0 bridgehead atoms. The van der Waals surface area contributed by atoms with Crippen molar-refractivity contribution in [2.45, 2.75) is 31.7 Å². The fourth-order valence-electron chi connectivity index (χ4n) is 3.28. The summed E-state index contributed by atoms with van der Waals surface area (Å²) in [5.74, 6) is -1.16. The number of nitrogens with one attached hydrogen (secondary N) is 3. The Morgan fingerprint density at radius 2 is 2.24 bits per heavy atom. The van der Waals surface area contributed by atoms with Crippen molar-refractivity contribution in [2.75, 3.05) is 13.1 Å². The lowest BCUT2D eigenvalue weighted by molar-refractivity contribution is -0.142. The van der Waals surface area contributed by atoms with Crippen molar-refractivity contribution in [1.82, 2.24) is 20.6 Å². The number of aliphatic carboxylic acids is 1. The van der Waals surface area contributed by atoms with Crippen molar-refractivity contribution in [1.29, 1.82) is 0 Å². The average molecular weight is 292 g/mol. The average Bonchev–Trinajstić information content (AvgIpc) is 2.92. The first kappa shape index (κ1) is 14.1. The highest BCUT2D eigenvalue weighted by molar-refractivity contribution is 5.87. The zero-order valence-electron chi connectivity index (χ0n) is 11.8. The molecule has 1 aromatic heterocycles. The van der Waals surface area contributed by atoms with Gasteiger partial charge in [0.2, 0.25) is 5.91 Å². The molecule has 1 aliphatic heterocycles. The fourth-order valence-corrected chi connectivity index (χ4v) is 3.28. The lowest BCUT2D eigenvalue weighted by Gasteiger charge is -2.23. The second-order valence-electron chi connectivity index (χ2n) is 6.05. The molecular weight excluding hydrogens is 272 g/mol. The number of carboxylic acids is 1. The molecule has 0 aromatic carbocycles. The lowest BCUT2D eigenvalue weighted by atomic mass is 9.91. The molecular formula is C14H20N4O3. The van der Waals surface area contributed by atoms with Crippen LogP contribution in [0, 0.1) is 11.3 Å². The van der Waals surface area contributed by atoms with E-state index in [4.69, 9.17) is 0 Å². The molecule has 7 nitrogen and oxygen atoms in total. The number of aromatic nitrogens is 2. The summed E-state index contributed by atoms with van der Waals surface area (Å²) in [5, 5.41) is 15.2. The molecule has 4 N–H and O–H groups in total. The van der Waals surface area contributed by atoms with Gasteiger partial charge in [0.1, 0.15) is 6.04 Å². The quantitative estimate of drug-likeness (QED) is 0.607. The Bertz CT molecular complexity index is 522. The molecule has 1 spiro atoms. The van der Waals surface area contributed by atoms with Crippen LogP contribution in [0.2, 0.25) is 0 Å². The van der Waals surface area contributed by atoms with Crippen molar-refractivity contribution in [2.24, 2.45) is 11.3 Å². The second-order valence-corrected chi connectivity index (χ2v) is 6.05. The largest absolute Gasteiger partial charge is 0.480 e. The number of amides is 1. The molecule has 2 atom stereocenters. The Labute approximate surface area is 122 Å². The van der Waals surface area contributed by atoms with Gasteiger partial charge in [-0.15, -0.1) is 0 Å². The first-order chi connectivity index (χ1) is 10.1. The van der Waals surface area contributed by atoms with Crippen molar-refractivity contribution in [3.8, 4) is 0 Å². The van der Waals surface area contributed by atoms with Gasteiger partial charge < -0.3 is 20.7 Å². The van der Waals surface area contributed by atoms with E-state index in [9.17, 15) is 14.7 Å². The van der Waals surface area contributed by atoms with Crippen molar-refractivity contribution in [3.63, 3.8) is 0 Å². The molecule has 114 valence electrons. The minimum Gasteiger partial charge on any atom is -0.480 e. The number of hydrogen-bond acceptors (Lipinski definition) is 4. The summed E-state index contributed by atoms with van der Waals surface area (Å²) in [7, 11) is 0. The maximum absolute atomic E-state index is 12.3. The summed E-state index contributed by atoms with van der Waals surface area (Å²) in [6.45, 7) is 1.89. The molecule has 1 amide bonds. The summed E-state index contributed by atoms with van der Waals surface area (Å²) >= 11 is 0. The van der Waals surface area contributed by atoms with Crippen LogP contribution in [0.25, 0.3) is 0 Å². The van der Waals surface area contributed by atoms with Crippen LogP contribution in [0.15, 0.2) is 12.5 Å². The molecule has 1 aromatic rings. The number of carbonyl (C=O) groups is 2. The molecule has 2 heterocycles.